The van der Waals surface area contributed by atoms with Crippen molar-refractivity contribution in [3.05, 3.63) is 18.1 Å². The van der Waals surface area contributed by atoms with Crippen LogP contribution in [0, 0.1) is 12.8 Å². The SMILES string of the molecule is Cc1nccc(N2CCN(CC3CCS(=O)(=O)C3)CC2)n1. The summed E-state index contributed by atoms with van der Waals surface area (Å²) in [7, 11) is -2.76. The number of piperazine rings is 1. The molecule has 1 aromatic heterocycles. The number of rotatable bonds is 3. The number of aryl methyl sites for hydroxylation is 1. The van der Waals surface area contributed by atoms with Crippen molar-refractivity contribution in [2.75, 3.05) is 49.1 Å². The van der Waals surface area contributed by atoms with Crippen molar-refractivity contribution < 1.29 is 8.42 Å². The van der Waals surface area contributed by atoms with Gasteiger partial charge in [0, 0.05) is 38.9 Å². The van der Waals surface area contributed by atoms with Crippen molar-refractivity contribution in [1.82, 2.24) is 14.9 Å². The first-order chi connectivity index (χ1) is 10.0. The minimum atomic E-state index is -2.76. The highest BCUT2D eigenvalue weighted by Gasteiger charge is 2.30. The highest BCUT2D eigenvalue weighted by molar-refractivity contribution is 7.91. The Bertz CT molecular complexity index is 597. The van der Waals surface area contributed by atoms with Crippen LogP contribution in [0.4, 0.5) is 5.82 Å². The van der Waals surface area contributed by atoms with Crippen LogP contribution in [0.3, 0.4) is 0 Å². The van der Waals surface area contributed by atoms with Gasteiger partial charge in [0.05, 0.1) is 11.5 Å². The van der Waals surface area contributed by atoms with Crippen molar-refractivity contribution in [3.63, 3.8) is 0 Å². The van der Waals surface area contributed by atoms with Crippen molar-refractivity contribution in [2.24, 2.45) is 5.92 Å². The lowest BCUT2D eigenvalue weighted by Gasteiger charge is -2.36. The molecule has 21 heavy (non-hydrogen) atoms. The third-order valence-corrected chi connectivity index (χ3v) is 6.14. The topological polar surface area (TPSA) is 66.4 Å². The van der Waals surface area contributed by atoms with Crippen LogP contribution in [0.25, 0.3) is 0 Å². The molecule has 0 radical (unpaired) electrons. The van der Waals surface area contributed by atoms with Crippen LogP contribution in [0.5, 0.6) is 0 Å². The van der Waals surface area contributed by atoms with Gasteiger partial charge in [-0.05, 0) is 25.3 Å². The number of anilines is 1. The van der Waals surface area contributed by atoms with Gasteiger partial charge in [-0.2, -0.15) is 0 Å². The second-order valence-electron chi connectivity index (χ2n) is 6.02. The Morgan fingerprint density at radius 1 is 1.29 bits per heavy atom. The summed E-state index contributed by atoms with van der Waals surface area (Å²) in [6.45, 7) is 6.64. The summed E-state index contributed by atoms with van der Waals surface area (Å²) >= 11 is 0. The lowest BCUT2D eigenvalue weighted by atomic mass is 10.1. The summed E-state index contributed by atoms with van der Waals surface area (Å²) in [6.07, 6.45) is 2.63. The van der Waals surface area contributed by atoms with Gasteiger partial charge >= 0.3 is 0 Å². The highest BCUT2D eigenvalue weighted by Crippen LogP contribution is 2.21. The van der Waals surface area contributed by atoms with Crippen molar-refractivity contribution >= 4 is 15.7 Å². The third-order valence-electron chi connectivity index (χ3n) is 4.30. The van der Waals surface area contributed by atoms with E-state index in [1.807, 2.05) is 13.0 Å². The minimum Gasteiger partial charge on any atom is -0.354 e. The van der Waals surface area contributed by atoms with E-state index in [2.05, 4.69) is 19.8 Å². The number of hydrogen-bond donors (Lipinski definition) is 0. The van der Waals surface area contributed by atoms with Gasteiger partial charge in [0.1, 0.15) is 11.6 Å². The normalized spacial score (nSPS) is 26.1. The Kier molecular flexibility index (Phi) is 4.12. The highest BCUT2D eigenvalue weighted by atomic mass is 32.2. The molecule has 2 aliphatic heterocycles. The molecule has 2 aliphatic rings. The van der Waals surface area contributed by atoms with Gasteiger partial charge in [0.25, 0.3) is 0 Å². The molecule has 1 atom stereocenters. The largest absolute Gasteiger partial charge is 0.354 e. The van der Waals surface area contributed by atoms with Crippen molar-refractivity contribution in [1.29, 1.82) is 0 Å². The zero-order chi connectivity index (χ0) is 14.9. The number of aromatic nitrogens is 2. The van der Waals surface area contributed by atoms with Crippen LogP contribution in [-0.4, -0.2) is 67.5 Å². The molecule has 2 fully saturated rings. The zero-order valence-corrected chi connectivity index (χ0v) is 13.2. The van der Waals surface area contributed by atoms with Gasteiger partial charge in [-0.25, -0.2) is 18.4 Å². The van der Waals surface area contributed by atoms with E-state index in [9.17, 15) is 8.42 Å². The molecular formula is C14H22N4O2S. The molecule has 3 heterocycles. The van der Waals surface area contributed by atoms with Crippen LogP contribution >= 0.6 is 0 Å². The average Bonchev–Trinajstić information content (AvgIpc) is 2.79. The lowest BCUT2D eigenvalue weighted by Crippen LogP contribution is -2.48. The predicted molar refractivity (Wildman–Crippen MR) is 82.2 cm³/mol. The molecule has 1 aromatic rings. The summed E-state index contributed by atoms with van der Waals surface area (Å²) in [5, 5.41) is 0. The Morgan fingerprint density at radius 2 is 2.05 bits per heavy atom. The molecule has 0 spiro atoms. The molecule has 1 unspecified atom stereocenters. The van der Waals surface area contributed by atoms with Gasteiger partial charge in [-0.1, -0.05) is 0 Å². The van der Waals surface area contributed by atoms with Gasteiger partial charge in [0.15, 0.2) is 9.84 Å². The molecule has 0 aliphatic carbocycles. The van der Waals surface area contributed by atoms with E-state index in [0.29, 0.717) is 17.4 Å². The second kappa shape index (κ2) is 5.88. The second-order valence-corrected chi connectivity index (χ2v) is 8.25. The maximum Gasteiger partial charge on any atom is 0.150 e. The summed E-state index contributed by atoms with van der Waals surface area (Å²) in [5.41, 5.74) is 0. The fourth-order valence-electron chi connectivity index (χ4n) is 3.16. The van der Waals surface area contributed by atoms with E-state index in [-0.39, 0.29) is 0 Å². The molecular weight excluding hydrogens is 288 g/mol. The summed E-state index contributed by atoms with van der Waals surface area (Å²) in [5.74, 6) is 2.86. The molecule has 116 valence electrons. The number of hydrogen-bond acceptors (Lipinski definition) is 6. The summed E-state index contributed by atoms with van der Waals surface area (Å²) in [6, 6.07) is 1.95. The minimum absolute atomic E-state index is 0.322. The molecule has 0 N–H and O–H groups in total. The average molecular weight is 310 g/mol. The Labute approximate surface area is 126 Å². The van der Waals surface area contributed by atoms with Gasteiger partial charge < -0.3 is 4.90 Å². The molecule has 0 amide bonds. The molecule has 0 saturated carbocycles. The maximum atomic E-state index is 11.5. The van der Waals surface area contributed by atoms with Crippen LogP contribution in [-0.2, 0) is 9.84 Å². The Balaban J connectivity index is 1.51. The molecule has 6 nitrogen and oxygen atoms in total. The quantitative estimate of drug-likeness (QED) is 0.802. The van der Waals surface area contributed by atoms with Crippen LogP contribution in [0.2, 0.25) is 0 Å². The third kappa shape index (κ3) is 3.71. The molecule has 0 bridgehead atoms. The van der Waals surface area contributed by atoms with Crippen molar-refractivity contribution in [2.45, 2.75) is 13.3 Å². The first-order valence-corrected chi connectivity index (χ1v) is 9.31. The van der Waals surface area contributed by atoms with Gasteiger partial charge in [-0.3, -0.25) is 4.90 Å². The van der Waals surface area contributed by atoms with Gasteiger partial charge in [0.2, 0.25) is 0 Å². The van der Waals surface area contributed by atoms with E-state index < -0.39 is 9.84 Å². The fraction of sp³-hybridized carbons (Fsp3) is 0.714. The standard InChI is InChI=1S/C14H22N4O2S/c1-12-15-4-2-14(16-12)18-7-5-17(6-8-18)10-13-3-9-21(19,20)11-13/h2,4,13H,3,5-11H2,1H3. The van der Waals surface area contributed by atoms with Crippen LogP contribution in [0.15, 0.2) is 12.3 Å². The lowest BCUT2D eigenvalue weighted by molar-refractivity contribution is 0.226. The van der Waals surface area contributed by atoms with Gasteiger partial charge in [-0.15, -0.1) is 0 Å². The Hall–Kier alpha value is -1.21. The summed E-state index contributed by atoms with van der Waals surface area (Å²) in [4.78, 5) is 13.2. The van der Waals surface area contributed by atoms with E-state index >= 15 is 0 Å². The predicted octanol–water partition coefficient (Wildman–Crippen LogP) is 0.342. The zero-order valence-electron chi connectivity index (χ0n) is 12.4. The van der Waals surface area contributed by atoms with Crippen LogP contribution in [0.1, 0.15) is 12.2 Å². The van der Waals surface area contributed by atoms with Crippen LogP contribution < -0.4 is 4.90 Å². The molecule has 2 saturated heterocycles. The first kappa shape index (κ1) is 14.7. The monoisotopic (exact) mass is 310 g/mol. The fourth-order valence-corrected chi connectivity index (χ4v) is 5.01. The summed E-state index contributed by atoms with van der Waals surface area (Å²) < 4.78 is 23.0. The molecule has 0 aromatic carbocycles. The van der Waals surface area contributed by atoms with E-state index in [1.54, 1.807) is 6.20 Å². The van der Waals surface area contributed by atoms with E-state index in [4.69, 9.17) is 0 Å². The van der Waals surface area contributed by atoms with E-state index in [0.717, 1.165) is 50.8 Å². The Morgan fingerprint density at radius 3 is 2.67 bits per heavy atom. The maximum absolute atomic E-state index is 11.5. The molecule has 3 rings (SSSR count). The molecule has 7 heteroatoms. The van der Waals surface area contributed by atoms with E-state index in [1.165, 1.54) is 0 Å². The first-order valence-electron chi connectivity index (χ1n) is 7.49. The number of sulfone groups is 1. The van der Waals surface area contributed by atoms with Crippen molar-refractivity contribution in [3.8, 4) is 0 Å². The smallest absolute Gasteiger partial charge is 0.150 e. The number of nitrogens with zero attached hydrogens (tertiary/aromatic N) is 4.